The van der Waals surface area contributed by atoms with Crippen molar-refractivity contribution in [3.05, 3.63) is 0 Å². The predicted octanol–water partition coefficient (Wildman–Crippen LogP) is -4.87. The predicted molar refractivity (Wildman–Crippen MR) is 49.1 cm³/mol. The van der Waals surface area contributed by atoms with Gasteiger partial charge in [-0.25, -0.2) is 0 Å². The standard InChI is InChI=1S/C8H12N2O3S.Na/c1-8(2)4(7(12)13)10-5(11)3(9)6(10)14-8;/h3-4,6H,9H2,1-2H3,(H,12,13);/q;+1/p-1/t3-,4+,6-;/m1./s1. The van der Waals surface area contributed by atoms with Gasteiger partial charge in [0.05, 0.1) is 12.0 Å². The summed E-state index contributed by atoms with van der Waals surface area (Å²) in [5, 5.41) is 10.7. The number of carboxylic acids is 1. The molecule has 2 heterocycles. The minimum atomic E-state index is -1.20. The van der Waals surface area contributed by atoms with Crippen LogP contribution in [0.25, 0.3) is 0 Å². The number of carbonyl (C=O) groups excluding carboxylic acids is 2. The number of β-lactam (4-membered cyclic amide) rings is 1. The molecule has 78 valence electrons. The van der Waals surface area contributed by atoms with E-state index in [0.717, 1.165) is 0 Å². The van der Waals surface area contributed by atoms with Crippen molar-refractivity contribution in [3.8, 4) is 0 Å². The zero-order valence-electron chi connectivity index (χ0n) is 8.89. The summed E-state index contributed by atoms with van der Waals surface area (Å²) in [6, 6.07) is -1.41. The van der Waals surface area contributed by atoms with Crippen molar-refractivity contribution in [2.45, 2.75) is 36.1 Å². The molecule has 0 aromatic carbocycles. The fraction of sp³-hybridized carbons (Fsp3) is 0.750. The number of hydrogen-bond acceptors (Lipinski definition) is 5. The molecule has 0 aromatic heterocycles. The van der Waals surface area contributed by atoms with Gasteiger partial charge in [-0.2, -0.15) is 0 Å². The minimum absolute atomic E-state index is 0. The third-order valence-electron chi connectivity index (χ3n) is 2.71. The average molecular weight is 238 g/mol. The second-order valence-corrected chi connectivity index (χ2v) is 5.88. The van der Waals surface area contributed by atoms with Crippen LogP contribution in [0.15, 0.2) is 0 Å². The molecule has 3 atom stereocenters. The largest absolute Gasteiger partial charge is 1.00 e. The van der Waals surface area contributed by atoms with E-state index < -0.39 is 22.8 Å². The van der Waals surface area contributed by atoms with Crippen LogP contribution >= 0.6 is 11.8 Å². The number of amides is 1. The van der Waals surface area contributed by atoms with E-state index in [1.54, 1.807) is 13.8 Å². The van der Waals surface area contributed by atoms with Crippen molar-refractivity contribution in [1.29, 1.82) is 0 Å². The first kappa shape index (κ1) is 13.3. The maximum absolute atomic E-state index is 11.3. The van der Waals surface area contributed by atoms with Gasteiger partial charge in [-0.3, -0.25) is 4.79 Å². The van der Waals surface area contributed by atoms with Gasteiger partial charge in [0.2, 0.25) is 5.91 Å². The minimum Gasteiger partial charge on any atom is -0.548 e. The Hall–Kier alpha value is 0.250. The molecule has 0 bridgehead atoms. The number of rotatable bonds is 1. The van der Waals surface area contributed by atoms with Crippen molar-refractivity contribution in [1.82, 2.24) is 4.90 Å². The van der Waals surface area contributed by atoms with Gasteiger partial charge >= 0.3 is 29.6 Å². The Labute approximate surface area is 114 Å². The molecule has 0 radical (unpaired) electrons. The number of nitrogens with zero attached hydrogens (tertiary/aromatic N) is 1. The van der Waals surface area contributed by atoms with E-state index >= 15 is 0 Å². The third-order valence-corrected chi connectivity index (χ3v) is 4.30. The zero-order chi connectivity index (χ0) is 10.7. The van der Waals surface area contributed by atoms with Gasteiger partial charge in [0.1, 0.15) is 11.4 Å². The van der Waals surface area contributed by atoms with Crippen molar-refractivity contribution >= 4 is 23.6 Å². The first-order valence-corrected chi connectivity index (χ1v) is 5.20. The molecule has 1 amide bonds. The maximum atomic E-state index is 11.3. The summed E-state index contributed by atoms with van der Waals surface area (Å²) in [6.45, 7) is 3.58. The van der Waals surface area contributed by atoms with Gasteiger partial charge in [0.15, 0.2) is 0 Å². The van der Waals surface area contributed by atoms with Crippen LogP contribution in [0.5, 0.6) is 0 Å². The molecular weight excluding hydrogens is 227 g/mol. The van der Waals surface area contributed by atoms with Gasteiger partial charge in [-0.15, -0.1) is 11.8 Å². The number of carbonyl (C=O) groups is 2. The fourth-order valence-electron chi connectivity index (χ4n) is 2.02. The van der Waals surface area contributed by atoms with E-state index in [-0.39, 0.29) is 40.8 Å². The average Bonchev–Trinajstić information content (AvgIpc) is 2.34. The molecule has 2 fully saturated rings. The Morgan fingerprint density at radius 3 is 2.60 bits per heavy atom. The Kier molecular flexibility index (Phi) is 3.48. The van der Waals surface area contributed by atoms with Crippen LogP contribution in [0.4, 0.5) is 0 Å². The molecule has 2 rings (SSSR count). The number of nitrogens with two attached hydrogens (primary N) is 1. The summed E-state index contributed by atoms with van der Waals surface area (Å²) in [7, 11) is 0. The summed E-state index contributed by atoms with van der Waals surface area (Å²) >= 11 is 1.43. The Morgan fingerprint density at radius 2 is 2.13 bits per heavy atom. The van der Waals surface area contributed by atoms with Crippen LogP contribution in [0.1, 0.15) is 13.8 Å². The SMILES string of the molecule is CC1(C)S[C@@H]2[C@H](N)C(=O)N2[C@H]1C(=O)[O-].[Na+]. The molecule has 15 heavy (non-hydrogen) atoms. The van der Waals surface area contributed by atoms with Gasteiger partial charge in [-0.1, -0.05) is 0 Å². The fourth-order valence-corrected chi connectivity index (χ4v) is 3.59. The molecule has 0 spiro atoms. The zero-order valence-corrected chi connectivity index (χ0v) is 11.7. The van der Waals surface area contributed by atoms with Crippen molar-refractivity contribution in [2.24, 2.45) is 5.73 Å². The number of aliphatic carboxylic acids is 1. The summed E-state index contributed by atoms with van der Waals surface area (Å²) < 4.78 is -0.521. The van der Waals surface area contributed by atoms with Crippen LogP contribution in [0, 0.1) is 0 Å². The van der Waals surface area contributed by atoms with Crippen LogP contribution in [0.2, 0.25) is 0 Å². The molecule has 2 saturated heterocycles. The van der Waals surface area contributed by atoms with Gasteiger partial charge < -0.3 is 20.5 Å². The Bertz CT molecular complexity index is 323. The number of hydrogen-bond donors (Lipinski definition) is 1. The molecule has 0 aromatic rings. The summed E-state index contributed by atoms with van der Waals surface area (Å²) in [4.78, 5) is 23.6. The second-order valence-electron chi connectivity index (χ2n) is 4.10. The normalized spacial score (nSPS) is 36.6. The van der Waals surface area contributed by atoms with Crippen LogP contribution < -0.4 is 40.4 Å². The van der Waals surface area contributed by atoms with E-state index in [0.29, 0.717) is 0 Å². The number of fused-ring (bicyclic) bond motifs is 1. The van der Waals surface area contributed by atoms with E-state index in [1.165, 1.54) is 16.7 Å². The van der Waals surface area contributed by atoms with Gasteiger partial charge in [-0.05, 0) is 13.8 Å². The Balaban J connectivity index is 0.00000112. The van der Waals surface area contributed by atoms with Gasteiger partial charge in [0.25, 0.3) is 0 Å². The second kappa shape index (κ2) is 3.92. The quantitative estimate of drug-likeness (QED) is 0.366. The first-order valence-electron chi connectivity index (χ1n) is 4.32. The number of thioether (sulfide) groups is 1. The van der Waals surface area contributed by atoms with Gasteiger partial charge in [0, 0.05) is 4.75 Å². The smallest absolute Gasteiger partial charge is 0.548 e. The molecule has 7 heteroatoms. The monoisotopic (exact) mass is 238 g/mol. The molecule has 0 saturated carbocycles. The summed E-state index contributed by atoms with van der Waals surface area (Å²) in [6.07, 6.45) is 0. The van der Waals surface area contributed by atoms with Crippen molar-refractivity contribution < 1.29 is 44.3 Å². The number of carboxylic acid groups (broad SMARTS) is 1. The van der Waals surface area contributed by atoms with Crippen molar-refractivity contribution in [3.63, 3.8) is 0 Å². The maximum Gasteiger partial charge on any atom is 1.00 e. The molecular formula is C8H11N2NaO3S. The molecule has 0 unspecified atom stereocenters. The summed E-state index contributed by atoms with van der Waals surface area (Å²) in [5.41, 5.74) is 5.57. The van der Waals surface area contributed by atoms with E-state index in [4.69, 9.17) is 5.73 Å². The van der Waals surface area contributed by atoms with E-state index in [1.807, 2.05) is 0 Å². The third kappa shape index (κ3) is 1.72. The van der Waals surface area contributed by atoms with E-state index in [9.17, 15) is 14.7 Å². The molecule has 5 nitrogen and oxygen atoms in total. The molecule has 2 aliphatic heterocycles. The molecule has 2 N–H and O–H groups in total. The van der Waals surface area contributed by atoms with Crippen LogP contribution in [0.3, 0.4) is 0 Å². The van der Waals surface area contributed by atoms with E-state index in [2.05, 4.69) is 0 Å². The Morgan fingerprint density at radius 1 is 1.60 bits per heavy atom. The topological polar surface area (TPSA) is 86.5 Å². The summed E-state index contributed by atoms with van der Waals surface area (Å²) in [5.74, 6) is -1.49. The first-order chi connectivity index (χ1) is 6.36. The van der Waals surface area contributed by atoms with Crippen LogP contribution in [-0.4, -0.2) is 39.0 Å². The van der Waals surface area contributed by atoms with Crippen LogP contribution in [-0.2, 0) is 9.59 Å². The van der Waals surface area contributed by atoms with Crippen molar-refractivity contribution in [2.75, 3.05) is 0 Å². The molecule has 2 aliphatic rings. The molecule has 0 aliphatic carbocycles.